The number of nitrogens with zero attached hydrogens (tertiary/aromatic N) is 6. The lowest BCUT2D eigenvalue weighted by Gasteiger charge is -2.27. The summed E-state index contributed by atoms with van der Waals surface area (Å²) in [5.41, 5.74) is 10.2. The maximum Gasteiger partial charge on any atom is 0.229 e. The van der Waals surface area contributed by atoms with E-state index in [0.29, 0.717) is 36.4 Å². The van der Waals surface area contributed by atoms with Gasteiger partial charge < -0.3 is 16.4 Å². The van der Waals surface area contributed by atoms with Crippen molar-refractivity contribution in [3.05, 3.63) is 60.0 Å². The second kappa shape index (κ2) is 9.19. The lowest BCUT2D eigenvalue weighted by molar-refractivity contribution is 0.410. The van der Waals surface area contributed by atoms with Gasteiger partial charge in [0.15, 0.2) is 5.65 Å². The van der Waals surface area contributed by atoms with Gasteiger partial charge in [-0.25, -0.2) is 4.68 Å². The predicted octanol–water partition coefficient (Wildman–Crippen LogP) is 3.73. The van der Waals surface area contributed by atoms with Gasteiger partial charge in [-0.1, -0.05) is 32.0 Å². The second-order valence-electron chi connectivity index (χ2n) is 9.05. The summed E-state index contributed by atoms with van der Waals surface area (Å²) in [5.74, 6) is 1.61. The van der Waals surface area contributed by atoms with Gasteiger partial charge in [0.25, 0.3) is 0 Å². The first-order chi connectivity index (χ1) is 16.1. The average molecular weight is 446 g/mol. The standard InChI is InChI=1S/C24H31N9/c1-16(2)20-15-28-33-22(20)30-23(29-19-10-8-18(25)9-11-19)31-24(33)26-14-17-6-3-4-7-21(17)32-13-5-12-27-32/h3-7,12-13,15-16,18-19H,8-11,14,25H2,1-2H3,(H2,26,29,30,31). The number of anilines is 2. The molecule has 9 nitrogen and oxygen atoms in total. The molecule has 1 fully saturated rings. The van der Waals surface area contributed by atoms with Crippen LogP contribution in [0.4, 0.5) is 11.9 Å². The van der Waals surface area contributed by atoms with E-state index in [0.717, 1.165) is 48.1 Å². The molecule has 0 spiro atoms. The Hall–Kier alpha value is -3.46. The van der Waals surface area contributed by atoms with Gasteiger partial charge in [0.2, 0.25) is 11.9 Å². The molecule has 4 aromatic rings. The Morgan fingerprint density at radius 3 is 2.64 bits per heavy atom. The Morgan fingerprint density at radius 1 is 1.06 bits per heavy atom. The third-order valence-corrected chi connectivity index (χ3v) is 6.30. The van der Waals surface area contributed by atoms with E-state index >= 15 is 0 Å². The number of para-hydroxylation sites is 1. The fourth-order valence-electron chi connectivity index (χ4n) is 4.40. The number of fused-ring (bicyclic) bond motifs is 1. The molecule has 3 heterocycles. The Labute approximate surface area is 193 Å². The summed E-state index contributed by atoms with van der Waals surface area (Å²) in [7, 11) is 0. The topological polar surface area (TPSA) is 111 Å². The van der Waals surface area contributed by atoms with Gasteiger partial charge in [0, 0.05) is 36.6 Å². The summed E-state index contributed by atoms with van der Waals surface area (Å²) in [6, 6.07) is 10.8. The maximum absolute atomic E-state index is 6.08. The maximum atomic E-state index is 6.08. The fraction of sp³-hybridized carbons (Fsp3) is 0.417. The van der Waals surface area contributed by atoms with Crippen molar-refractivity contribution >= 4 is 17.5 Å². The van der Waals surface area contributed by atoms with Gasteiger partial charge in [-0.15, -0.1) is 0 Å². The Balaban J connectivity index is 1.45. The number of hydrogen-bond acceptors (Lipinski definition) is 7. The van der Waals surface area contributed by atoms with E-state index in [2.05, 4.69) is 46.8 Å². The normalized spacial score (nSPS) is 18.7. The monoisotopic (exact) mass is 445 g/mol. The highest BCUT2D eigenvalue weighted by molar-refractivity contribution is 5.56. The molecule has 1 aliphatic rings. The van der Waals surface area contributed by atoms with Gasteiger partial charge >= 0.3 is 0 Å². The van der Waals surface area contributed by atoms with Crippen molar-refractivity contribution in [2.24, 2.45) is 5.73 Å². The van der Waals surface area contributed by atoms with Crippen molar-refractivity contribution in [2.75, 3.05) is 10.6 Å². The Morgan fingerprint density at radius 2 is 1.88 bits per heavy atom. The predicted molar refractivity (Wildman–Crippen MR) is 130 cm³/mol. The van der Waals surface area contributed by atoms with Crippen LogP contribution in [0.25, 0.3) is 11.3 Å². The Kier molecular flexibility index (Phi) is 5.95. The van der Waals surface area contributed by atoms with Crippen molar-refractivity contribution in [3.8, 4) is 5.69 Å². The number of hydrogen-bond donors (Lipinski definition) is 3. The van der Waals surface area contributed by atoms with Gasteiger partial charge in [-0.3, -0.25) is 0 Å². The molecule has 0 radical (unpaired) electrons. The summed E-state index contributed by atoms with van der Waals surface area (Å²) in [4.78, 5) is 9.64. The molecule has 1 aliphatic carbocycles. The number of nitrogens with two attached hydrogens (primary N) is 1. The van der Waals surface area contributed by atoms with Crippen molar-refractivity contribution < 1.29 is 0 Å². The summed E-state index contributed by atoms with van der Waals surface area (Å²) in [6.45, 7) is 4.89. The van der Waals surface area contributed by atoms with Crippen LogP contribution in [0.3, 0.4) is 0 Å². The third kappa shape index (κ3) is 4.54. The molecule has 5 rings (SSSR count). The highest BCUT2D eigenvalue weighted by Crippen LogP contribution is 2.25. The molecule has 0 unspecified atom stereocenters. The SMILES string of the molecule is CC(C)c1cnn2c(NCc3ccccc3-n3cccn3)nc(NC3CCC(N)CC3)nc12. The molecular formula is C24H31N9. The second-order valence-corrected chi connectivity index (χ2v) is 9.05. The zero-order chi connectivity index (χ0) is 22.8. The lowest BCUT2D eigenvalue weighted by atomic mass is 9.92. The highest BCUT2D eigenvalue weighted by atomic mass is 15.4. The first kappa shape index (κ1) is 21.4. The van der Waals surface area contributed by atoms with Gasteiger partial charge in [0.1, 0.15) is 0 Å². The zero-order valence-corrected chi connectivity index (χ0v) is 19.1. The summed E-state index contributed by atoms with van der Waals surface area (Å²) < 4.78 is 3.67. The fourth-order valence-corrected chi connectivity index (χ4v) is 4.40. The molecule has 4 N–H and O–H groups in total. The van der Waals surface area contributed by atoms with Crippen molar-refractivity contribution in [1.82, 2.24) is 29.4 Å². The molecule has 172 valence electrons. The molecule has 9 heteroatoms. The molecule has 0 amide bonds. The summed E-state index contributed by atoms with van der Waals surface area (Å²) >= 11 is 0. The molecular weight excluding hydrogens is 414 g/mol. The van der Waals surface area contributed by atoms with Crippen LogP contribution < -0.4 is 16.4 Å². The van der Waals surface area contributed by atoms with E-state index in [-0.39, 0.29) is 0 Å². The molecule has 0 saturated heterocycles. The quantitative estimate of drug-likeness (QED) is 0.397. The van der Waals surface area contributed by atoms with Crippen molar-refractivity contribution in [3.63, 3.8) is 0 Å². The van der Waals surface area contributed by atoms with Gasteiger partial charge in [0.05, 0.1) is 11.9 Å². The van der Waals surface area contributed by atoms with Crippen LogP contribution in [0, 0.1) is 0 Å². The van der Waals surface area contributed by atoms with Gasteiger partial charge in [-0.05, 0) is 49.3 Å². The number of aromatic nitrogens is 6. The van der Waals surface area contributed by atoms with E-state index in [1.54, 1.807) is 10.7 Å². The zero-order valence-electron chi connectivity index (χ0n) is 19.1. The Bertz CT molecular complexity index is 1200. The van der Waals surface area contributed by atoms with Crippen LogP contribution in [0.1, 0.15) is 56.6 Å². The molecule has 0 atom stereocenters. The van der Waals surface area contributed by atoms with Crippen molar-refractivity contribution in [2.45, 2.75) is 64.1 Å². The molecule has 1 aromatic carbocycles. The summed E-state index contributed by atoms with van der Waals surface area (Å²) in [6.07, 6.45) is 9.74. The van der Waals surface area contributed by atoms with Crippen LogP contribution >= 0.6 is 0 Å². The smallest absolute Gasteiger partial charge is 0.229 e. The minimum Gasteiger partial charge on any atom is -0.351 e. The first-order valence-electron chi connectivity index (χ1n) is 11.7. The lowest BCUT2D eigenvalue weighted by Crippen LogP contribution is -2.33. The van der Waals surface area contributed by atoms with E-state index in [9.17, 15) is 0 Å². The van der Waals surface area contributed by atoms with E-state index in [1.165, 1.54) is 0 Å². The summed E-state index contributed by atoms with van der Waals surface area (Å²) in [5, 5.41) is 16.0. The van der Waals surface area contributed by atoms with Crippen LogP contribution in [0.5, 0.6) is 0 Å². The van der Waals surface area contributed by atoms with Crippen LogP contribution in [-0.4, -0.2) is 41.4 Å². The van der Waals surface area contributed by atoms with Crippen LogP contribution in [0.15, 0.2) is 48.9 Å². The average Bonchev–Trinajstić information content (AvgIpc) is 3.49. The molecule has 1 saturated carbocycles. The molecule has 0 aliphatic heterocycles. The van der Waals surface area contributed by atoms with Crippen LogP contribution in [-0.2, 0) is 6.54 Å². The third-order valence-electron chi connectivity index (χ3n) is 6.30. The van der Waals surface area contributed by atoms with E-state index in [1.807, 2.05) is 35.3 Å². The molecule has 0 bridgehead atoms. The first-order valence-corrected chi connectivity index (χ1v) is 11.7. The number of benzene rings is 1. The highest BCUT2D eigenvalue weighted by Gasteiger charge is 2.21. The van der Waals surface area contributed by atoms with Crippen molar-refractivity contribution in [1.29, 1.82) is 0 Å². The number of nitrogens with one attached hydrogen (secondary N) is 2. The van der Waals surface area contributed by atoms with Gasteiger partial charge in [-0.2, -0.15) is 24.7 Å². The van der Waals surface area contributed by atoms with Crippen LogP contribution in [0.2, 0.25) is 0 Å². The number of rotatable bonds is 7. The molecule has 33 heavy (non-hydrogen) atoms. The van der Waals surface area contributed by atoms with E-state index in [4.69, 9.17) is 15.7 Å². The largest absolute Gasteiger partial charge is 0.351 e. The minimum atomic E-state index is 0.306. The van der Waals surface area contributed by atoms with E-state index < -0.39 is 0 Å². The minimum absolute atomic E-state index is 0.306. The molecule has 3 aromatic heterocycles.